The monoisotopic (exact) mass is 265 g/mol. The summed E-state index contributed by atoms with van der Waals surface area (Å²) in [7, 11) is 1.65. The van der Waals surface area contributed by atoms with Crippen LogP contribution in [0.15, 0.2) is 22.7 Å². The van der Waals surface area contributed by atoms with Crippen molar-refractivity contribution in [2.45, 2.75) is 13.0 Å². The number of ether oxygens (including phenoxy) is 1. The number of rotatable bonds is 2. The van der Waals surface area contributed by atoms with E-state index in [-0.39, 0.29) is 18.4 Å². The first kappa shape index (κ1) is 12.8. The molecule has 1 aromatic carbocycles. The van der Waals surface area contributed by atoms with E-state index in [1.807, 2.05) is 25.1 Å². The minimum atomic E-state index is -0.00236. The highest BCUT2D eigenvalue weighted by atomic mass is 79.9. The van der Waals surface area contributed by atoms with Gasteiger partial charge < -0.3 is 10.5 Å². The first-order chi connectivity index (χ1) is 5.65. The maximum Gasteiger partial charge on any atom is 0.123 e. The van der Waals surface area contributed by atoms with Crippen LogP contribution in [0.1, 0.15) is 18.5 Å². The molecule has 0 aliphatic carbocycles. The van der Waals surface area contributed by atoms with Crippen molar-refractivity contribution in [2.75, 3.05) is 7.11 Å². The van der Waals surface area contributed by atoms with Crippen molar-refractivity contribution in [3.05, 3.63) is 28.2 Å². The average molecular weight is 267 g/mol. The van der Waals surface area contributed by atoms with Crippen molar-refractivity contribution in [1.29, 1.82) is 0 Å². The molecular formula is C9H13BrClNO. The molecule has 13 heavy (non-hydrogen) atoms. The van der Waals surface area contributed by atoms with Crippen molar-refractivity contribution in [2.24, 2.45) is 5.73 Å². The van der Waals surface area contributed by atoms with E-state index >= 15 is 0 Å². The summed E-state index contributed by atoms with van der Waals surface area (Å²) in [4.78, 5) is 0. The molecule has 0 amide bonds. The topological polar surface area (TPSA) is 35.2 Å². The summed E-state index contributed by atoms with van der Waals surface area (Å²) >= 11 is 3.38. The van der Waals surface area contributed by atoms with Crippen molar-refractivity contribution in [1.82, 2.24) is 0 Å². The zero-order chi connectivity index (χ0) is 9.14. The maximum absolute atomic E-state index is 5.76. The Morgan fingerprint density at radius 2 is 2.08 bits per heavy atom. The molecule has 0 aliphatic rings. The fourth-order valence-corrected chi connectivity index (χ4v) is 1.44. The lowest BCUT2D eigenvalue weighted by molar-refractivity contribution is 0.407. The lowest BCUT2D eigenvalue weighted by Crippen LogP contribution is -2.06. The van der Waals surface area contributed by atoms with Crippen LogP contribution < -0.4 is 10.5 Å². The van der Waals surface area contributed by atoms with Crippen molar-refractivity contribution in [3.63, 3.8) is 0 Å². The number of halogens is 2. The van der Waals surface area contributed by atoms with Crippen LogP contribution in [0, 0.1) is 0 Å². The van der Waals surface area contributed by atoms with E-state index < -0.39 is 0 Å². The first-order valence-corrected chi connectivity index (χ1v) is 4.53. The van der Waals surface area contributed by atoms with E-state index in [4.69, 9.17) is 10.5 Å². The van der Waals surface area contributed by atoms with Gasteiger partial charge in [-0.15, -0.1) is 12.4 Å². The third kappa shape index (κ3) is 3.18. The van der Waals surface area contributed by atoms with Gasteiger partial charge in [0.15, 0.2) is 0 Å². The Morgan fingerprint density at radius 1 is 1.46 bits per heavy atom. The van der Waals surface area contributed by atoms with E-state index in [0.717, 1.165) is 15.8 Å². The van der Waals surface area contributed by atoms with E-state index in [2.05, 4.69) is 15.9 Å². The van der Waals surface area contributed by atoms with Gasteiger partial charge in [0.25, 0.3) is 0 Å². The van der Waals surface area contributed by atoms with Gasteiger partial charge in [0, 0.05) is 16.1 Å². The first-order valence-electron chi connectivity index (χ1n) is 3.74. The maximum atomic E-state index is 5.76. The molecule has 0 saturated carbocycles. The molecule has 1 rings (SSSR count). The molecule has 1 aromatic rings. The Balaban J connectivity index is 0.00000144. The third-order valence-electron chi connectivity index (χ3n) is 1.68. The standard InChI is InChI=1S/C9H12BrNO.ClH/c1-6(11)8-5-7(10)3-4-9(8)12-2;/h3-6H,11H2,1-2H3;1H/t6-;/m1./s1. The second kappa shape index (κ2) is 5.47. The summed E-state index contributed by atoms with van der Waals surface area (Å²) in [5, 5.41) is 0. The van der Waals surface area contributed by atoms with Gasteiger partial charge in [-0.1, -0.05) is 15.9 Å². The van der Waals surface area contributed by atoms with Gasteiger partial charge >= 0.3 is 0 Å². The fraction of sp³-hybridized carbons (Fsp3) is 0.333. The molecule has 0 saturated heterocycles. The van der Waals surface area contributed by atoms with Crippen LogP contribution in [0.4, 0.5) is 0 Å². The van der Waals surface area contributed by atoms with Gasteiger partial charge in [-0.2, -0.15) is 0 Å². The zero-order valence-electron chi connectivity index (χ0n) is 7.58. The van der Waals surface area contributed by atoms with Crippen LogP contribution >= 0.6 is 28.3 Å². The minimum absolute atomic E-state index is 0. The number of nitrogens with two attached hydrogens (primary N) is 1. The number of methoxy groups -OCH3 is 1. The molecule has 2 N–H and O–H groups in total. The SMILES string of the molecule is COc1ccc(Br)cc1[C@@H](C)N.Cl. The zero-order valence-corrected chi connectivity index (χ0v) is 9.98. The number of hydrogen-bond acceptors (Lipinski definition) is 2. The number of benzene rings is 1. The molecular weight excluding hydrogens is 253 g/mol. The van der Waals surface area contributed by atoms with Gasteiger partial charge in [-0.25, -0.2) is 0 Å². The second-order valence-corrected chi connectivity index (χ2v) is 3.59. The molecule has 0 heterocycles. The molecule has 0 unspecified atom stereocenters. The molecule has 0 fully saturated rings. The third-order valence-corrected chi connectivity index (χ3v) is 2.18. The molecule has 0 bridgehead atoms. The lowest BCUT2D eigenvalue weighted by Gasteiger charge is -2.11. The van der Waals surface area contributed by atoms with E-state index in [0.29, 0.717) is 0 Å². The molecule has 0 aliphatic heterocycles. The van der Waals surface area contributed by atoms with Crippen molar-refractivity contribution >= 4 is 28.3 Å². The molecule has 0 radical (unpaired) electrons. The molecule has 0 spiro atoms. The smallest absolute Gasteiger partial charge is 0.123 e. The van der Waals surface area contributed by atoms with Crippen LogP contribution in [-0.2, 0) is 0 Å². The van der Waals surface area contributed by atoms with Crippen LogP contribution in [0.3, 0.4) is 0 Å². The molecule has 0 aromatic heterocycles. The Kier molecular flexibility index (Phi) is 5.37. The van der Waals surface area contributed by atoms with Gasteiger partial charge in [0.2, 0.25) is 0 Å². The van der Waals surface area contributed by atoms with E-state index in [9.17, 15) is 0 Å². The molecule has 2 nitrogen and oxygen atoms in total. The molecule has 74 valence electrons. The van der Waals surface area contributed by atoms with Gasteiger partial charge in [-0.3, -0.25) is 0 Å². The largest absolute Gasteiger partial charge is 0.496 e. The van der Waals surface area contributed by atoms with Crippen LogP contribution in [0.2, 0.25) is 0 Å². The Bertz CT molecular complexity index is 278. The predicted octanol–water partition coefficient (Wildman–Crippen LogP) is 2.90. The normalized spacial score (nSPS) is 11.7. The number of hydrogen-bond donors (Lipinski definition) is 1. The highest BCUT2D eigenvalue weighted by molar-refractivity contribution is 9.10. The summed E-state index contributed by atoms with van der Waals surface area (Å²) in [6, 6.07) is 5.81. The average Bonchev–Trinajstić information content (AvgIpc) is 2.04. The molecule has 1 atom stereocenters. The summed E-state index contributed by atoms with van der Waals surface area (Å²) < 4.78 is 6.18. The highest BCUT2D eigenvalue weighted by Gasteiger charge is 2.06. The van der Waals surface area contributed by atoms with E-state index in [1.54, 1.807) is 7.11 Å². The minimum Gasteiger partial charge on any atom is -0.496 e. The van der Waals surface area contributed by atoms with Crippen LogP contribution in [0.5, 0.6) is 5.75 Å². The van der Waals surface area contributed by atoms with E-state index in [1.165, 1.54) is 0 Å². The summed E-state index contributed by atoms with van der Waals surface area (Å²) in [5.74, 6) is 0.841. The molecule has 4 heteroatoms. The second-order valence-electron chi connectivity index (χ2n) is 2.67. The summed E-state index contributed by atoms with van der Waals surface area (Å²) in [5.41, 5.74) is 6.78. The Morgan fingerprint density at radius 3 is 2.54 bits per heavy atom. The lowest BCUT2D eigenvalue weighted by atomic mass is 10.1. The quantitative estimate of drug-likeness (QED) is 0.893. The van der Waals surface area contributed by atoms with Gasteiger partial charge in [0.1, 0.15) is 5.75 Å². The predicted molar refractivity (Wildman–Crippen MR) is 60.5 cm³/mol. The van der Waals surface area contributed by atoms with Crippen LogP contribution in [0.25, 0.3) is 0 Å². The summed E-state index contributed by atoms with van der Waals surface area (Å²) in [6.45, 7) is 1.93. The van der Waals surface area contributed by atoms with Gasteiger partial charge in [0.05, 0.1) is 7.11 Å². The highest BCUT2D eigenvalue weighted by Crippen LogP contribution is 2.26. The van der Waals surface area contributed by atoms with Crippen molar-refractivity contribution < 1.29 is 4.74 Å². The Labute approximate surface area is 93.0 Å². The Hall–Kier alpha value is -0.250. The van der Waals surface area contributed by atoms with Gasteiger partial charge in [-0.05, 0) is 25.1 Å². The van der Waals surface area contributed by atoms with Crippen molar-refractivity contribution in [3.8, 4) is 5.75 Å². The fourth-order valence-electron chi connectivity index (χ4n) is 1.06. The van der Waals surface area contributed by atoms with Crippen LogP contribution in [-0.4, -0.2) is 7.11 Å². The summed E-state index contributed by atoms with van der Waals surface area (Å²) in [6.07, 6.45) is 0.